The molecule has 0 aliphatic carbocycles. The number of ether oxygens (including phenoxy) is 1. The summed E-state index contributed by atoms with van der Waals surface area (Å²) >= 11 is 0. The van der Waals surface area contributed by atoms with E-state index in [-0.39, 0.29) is 12.3 Å². The molecule has 4 unspecified atom stereocenters. The summed E-state index contributed by atoms with van der Waals surface area (Å²) in [5, 5.41) is 40.4. The summed E-state index contributed by atoms with van der Waals surface area (Å²) in [6, 6.07) is 5.96. The summed E-state index contributed by atoms with van der Waals surface area (Å²) in [5.41, 5.74) is 0.322. The number of aliphatic hydroxyl groups excluding tert-OH is 3. The fourth-order valence-electron chi connectivity index (χ4n) is 2.28. The van der Waals surface area contributed by atoms with Crippen LogP contribution >= 0.6 is 0 Å². The van der Waals surface area contributed by atoms with Crippen LogP contribution in [-0.2, 0) is 4.74 Å². The number of aromatic nitrogens is 1. The van der Waals surface area contributed by atoms with Gasteiger partial charge in [0.1, 0.15) is 18.3 Å². The molecule has 0 saturated carbocycles. The fourth-order valence-corrected chi connectivity index (χ4v) is 2.28. The lowest BCUT2D eigenvalue weighted by Gasteiger charge is -2.34. The van der Waals surface area contributed by atoms with Gasteiger partial charge >= 0.3 is 0 Å². The van der Waals surface area contributed by atoms with E-state index in [9.17, 15) is 25.4 Å². The molecule has 22 heavy (non-hydrogen) atoms. The average Bonchev–Trinajstić information content (AvgIpc) is 2.90. The normalized spacial score (nSPS) is 28.7. The lowest BCUT2D eigenvalue weighted by Crippen LogP contribution is -2.56. The molecule has 0 bridgehead atoms. The van der Waals surface area contributed by atoms with Crippen LogP contribution in [-0.4, -0.2) is 56.2 Å². The molecule has 1 aliphatic rings. The Labute approximate surface area is 124 Å². The highest BCUT2D eigenvalue weighted by molar-refractivity contribution is 5.82. The predicted octanol–water partition coefficient (Wildman–Crippen LogP) is -0.583. The standard InChI is InChI=1S/C13H14N2O7/c16-10-6-21-13(12(18)11(10)17)22-14-4-3-7-1-2-8(15(19)20)5-9(7)14/h1-5,10-13,16-18H,6H2. The summed E-state index contributed by atoms with van der Waals surface area (Å²) in [7, 11) is 0. The molecular formula is C13H14N2O7. The van der Waals surface area contributed by atoms with E-state index in [0.29, 0.717) is 10.9 Å². The number of rotatable bonds is 3. The van der Waals surface area contributed by atoms with Crippen LogP contribution in [0.1, 0.15) is 0 Å². The minimum absolute atomic E-state index is 0.100. The molecule has 3 rings (SSSR count). The molecule has 1 fully saturated rings. The van der Waals surface area contributed by atoms with Crippen molar-refractivity contribution in [1.29, 1.82) is 0 Å². The SMILES string of the molecule is O=[N+]([O-])c1ccc2ccn(OC3OCC(O)C(O)C3O)c2c1. The predicted molar refractivity (Wildman–Crippen MR) is 72.9 cm³/mol. The Hall–Kier alpha value is -2.20. The number of nitrogens with zero attached hydrogens (tertiary/aromatic N) is 2. The van der Waals surface area contributed by atoms with Crippen LogP contribution in [0.5, 0.6) is 0 Å². The van der Waals surface area contributed by atoms with E-state index in [4.69, 9.17) is 9.57 Å². The first-order valence-electron chi connectivity index (χ1n) is 6.56. The summed E-state index contributed by atoms with van der Waals surface area (Å²) in [6.45, 7) is -0.192. The van der Waals surface area contributed by atoms with Crippen LogP contribution in [0.15, 0.2) is 30.5 Å². The maximum Gasteiger partial charge on any atom is 0.271 e. The number of nitro groups is 1. The highest BCUT2D eigenvalue weighted by atomic mass is 16.8. The third-order valence-electron chi connectivity index (χ3n) is 3.52. The quantitative estimate of drug-likeness (QED) is 0.511. The van der Waals surface area contributed by atoms with Crippen molar-refractivity contribution in [1.82, 2.24) is 4.73 Å². The van der Waals surface area contributed by atoms with E-state index in [1.54, 1.807) is 12.1 Å². The van der Waals surface area contributed by atoms with Gasteiger partial charge in [-0.15, -0.1) is 0 Å². The van der Waals surface area contributed by atoms with Gasteiger partial charge in [-0.1, -0.05) is 0 Å². The van der Waals surface area contributed by atoms with E-state index >= 15 is 0 Å². The van der Waals surface area contributed by atoms with Crippen LogP contribution in [0.25, 0.3) is 10.9 Å². The zero-order valence-corrected chi connectivity index (χ0v) is 11.3. The Bertz CT molecular complexity index is 701. The van der Waals surface area contributed by atoms with Crippen LogP contribution in [0.4, 0.5) is 5.69 Å². The molecular weight excluding hydrogens is 296 g/mol. The minimum atomic E-state index is -1.44. The number of benzene rings is 1. The second-order valence-electron chi connectivity index (χ2n) is 5.00. The van der Waals surface area contributed by atoms with Gasteiger partial charge in [-0.25, -0.2) is 0 Å². The maximum absolute atomic E-state index is 10.8. The Kier molecular flexibility index (Phi) is 3.71. The number of aliphatic hydroxyl groups is 3. The van der Waals surface area contributed by atoms with E-state index in [2.05, 4.69) is 0 Å². The fraction of sp³-hybridized carbons (Fsp3) is 0.385. The maximum atomic E-state index is 10.8. The third kappa shape index (κ3) is 2.50. The van der Waals surface area contributed by atoms with Gasteiger partial charge < -0.3 is 24.9 Å². The third-order valence-corrected chi connectivity index (χ3v) is 3.52. The summed E-state index contributed by atoms with van der Waals surface area (Å²) in [4.78, 5) is 15.7. The van der Waals surface area contributed by atoms with Gasteiger partial charge in [0.05, 0.1) is 17.0 Å². The van der Waals surface area contributed by atoms with E-state index in [1.807, 2.05) is 0 Å². The van der Waals surface area contributed by atoms with Crippen molar-refractivity contribution < 1.29 is 29.8 Å². The van der Waals surface area contributed by atoms with Crippen molar-refractivity contribution in [3.8, 4) is 0 Å². The molecule has 9 heteroatoms. The molecule has 0 spiro atoms. The molecule has 9 nitrogen and oxygen atoms in total. The monoisotopic (exact) mass is 310 g/mol. The van der Waals surface area contributed by atoms with E-state index in [1.165, 1.54) is 23.1 Å². The first-order chi connectivity index (χ1) is 10.5. The lowest BCUT2D eigenvalue weighted by molar-refractivity contribution is -0.384. The largest absolute Gasteiger partial charge is 0.388 e. The second kappa shape index (κ2) is 5.54. The van der Waals surface area contributed by atoms with Gasteiger partial charge in [-0.3, -0.25) is 10.1 Å². The molecule has 0 radical (unpaired) electrons. The molecule has 1 saturated heterocycles. The molecule has 0 amide bonds. The van der Waals surface area contributed by atoms with Crippen LogP contribution in [0.2, 0.25) is 0 Å². The number of hydrogen-bond donors (Lipinski definition) is 3. The summed E-state index contributed by atoms with van der Waals surface area (Å²) in [5.74, 6) is 0. The van der Waals surface area contributed by atoms with Gasteiger partial charge in [-0.05, 0) is 12.1 Å². The second-order valence-corrected chi connectivity index (χ2v) is 5.00. The molecule has 4 atom stereocenters. The molecule has 118 valence electrons. The van der Waals surface area contributed by atoms with Gasteiger partial charge in [0.25, 0.3) is 12.0 Å². The zero-order valence-electron chi connectivity index (χ0n) is 11.3. The van der Waals surface area contributed by atoms with Crippen LogP contribution in [0, 0.1) is 10.1 Å². The van der Waals surface area contributed by atoms with Crippen LogP contribution in [0.3, 0.4) is 0 Å². The van der Waals surface area contributed by atoms with Crippen molar-refractivity contribution in [2.24, 2.45) is 0 Å². The Morgan fingerprint density at radius 2 is 2.05 bits per heavy atom. The lowest BCUT2D eigenvalue weighted by atomic mass is 10.1. The van der Waals surface area contributed by atoms with Crippen molar-refractivity contribution in [3.05, 3.63) is 40.6 Å². The minimum Gasteiger partial charge on any atom is -0.388 e. The Morgan fingerprint density at radius 1 is 1.27 bits per heavy atom. The van der Waals surface area contributed by atoms with E-state index in [0.717, 1.165) is 0 Å². The van der Waals surface area contributed by atoms with Gasteiger partial charge in [0.15, 0.2) is 0 Å². The summed E-state index contributed by atoms with van der Waals surface area (Å²) in [6.07, 6.45) is -3.72. The van der Waals surface area contributed by atoms with Gasteiger partial charge in [-0.2, -0.15) is 4.73 Å². The first-order valence-corrected chi connectivity index (χ1v) is 6.56. The average molecular weight is 310 g/mol. The van der Waals surface area contributed by atoms with Crippen molar-refractivity contribution in [2.75, 3.05) is 6.61 Å². The highest BCUT2D eigenvalue weighted by Crippen LogP contribution is 2.22. The molecule has 2 heterocycles. The van der Waals surface area contributed by atoms with E-state index < -0.39 is 29.5 Å². The molecule has 1 aromatic heterocycles. The number of hydrogen-bond acceptors (Lipinski definition) is 7. The topological polar surface area (TPSA) is 127 Å². The molecule has 1 aromatic carbocycles. The van der Waals surface area contributed by atoms with Gasteiger partial charge in [0, 0.05) is 23.7 Å². The molecule has 2 aromatic rings. The van der Waals surface area contributed by atoms with Gasteiger partial charge in [0.2, 0.25) is 0 Å². The van der Waals surface area contributed by atoms with Crippen molar-refractivity contribution in [2.45, 2.75) is 24.6 Å². The molecule has 1 aliphatic heterocycles. The smallest absolute Gasteiger partial charge is 0.271 e. The Morgan fingerprint density at radius 3 is 2.77 bits per heavy atom. The Balaban J connectivity index is 1.87. The summed E-state index contributed by atoms with van der Waals surface area (Å²) < 4.78 is 6.36. The zero-order chi connectivity index (χ0) is 15.9. The number of fused-ring (bicyclic) bond motifs is 1. The van der Waals surface area contributed by atoms with Crippen molar-refractivity contribution >= 4 is 16.6 Å². The van der Waals surface area contributed by atoms with Crippen LogP contribution < -0.4 is 4.84 Å². The first kappa shape index (κ1) is 14.7. The number of nitro benzene ring substituents is 1. The number of non-ortho nitro benzene ring substituents is 1. The highest BCUT2D eigenvalue weighted by Gasteiger charge is 2.39. The van der Waals surface area contributed by atoms with Crippen molar-refractivity contribution in [3.63, 3.8) is 0 Å². The molecule has 3 N–H and O–H groups in total.